The fourth-order valence-electron chi connectivity index (χ4n) is 3.55. The number of amides is 2. The molecule has 0 saturated carbocycles. The van der Waals surface area contributed by atoms with Crippen LogP contribution in [0, 0.1) is 0 Å². The second kappa shape index (κ2) is 11.7. The lowest BCUT2D eigenvalue weighted by atomic mass is 9.99. The summed E-state index contributed by atoms with van der Waals surface area (Å²) >= 11 is 0. The Morgan fingerprint density at radius 2 is 1.79 bits per heavy atom. The number of nitrogens with zero attached hydrogens (tertiary/aromatic N) is 1. The summed E-state index contributed by atoms with van der Waals surface area (Å²) in [6.45, 7) is 0.0629. The molecule has 2 amide bonds. The number of carbonyl (C=O) groups is 2. The van der Waals surface area contributed by atoms with E-state index in [4.69, 9.17) is 21.5 Å². The molecule has 0 aliphatic heterocycles. The van der Waals surface area contributed by atoms with Gasteiger partial charge in [0.2, 0.25) is 5.91 Å². The molecule has 0 aliphatic rings. The number of hydrazine groups is 1. The molecule has 178 valence electrons. The Labute approximate surface area is 197 Å². The summed E-state index contributed by atoms with van der Waals surface area (Å²) < 4.78 is 5.09. The average Bonchev–Trinajstić information content (AvgIpc) is 2.86. The number of carbonyl (C=O) groups excluding carboxylic acids is 2. The van der Waals surface area contributed by atoms with Crippen LogP contribution < -0.4 is 27.1 Å². The van der Waals surface area contributed by atoms with Gasteiger partial charge in [-0.3, -0.25) is 14.8 Å². The normalized spacial score (nSPS) is 12.1. The Kier molecular flexibility index (Phi) is 8.44. The van der Waals surface area contributed by atoms with E-state index in [1.54, 1.807) is 36.9 Å². The molecule has 1 unspecified atom stereocenters. The molecular weight excluding hydrogens is 434 g/mol. The quantitative estimate of drug-likeness (QED) is 0.176. The molecule has 0 radical (unpaired) electrons. The third-order valence-corrected chi connectivity index (χ3v) is 5.37. The predicted octanol–water partition coefficient (Wildman–Crippen LogP) is 2.06. The molecule has 7 N–H and O–H groups in total. The lowest BCUT2D eigenvalue weighted by Crippen LogP contribution is -2.42. The van der Waals surface area contributed by atoms with Crippen molar-refractivity contribution < 1.29 is 19.5 Å². The number of benzene rings is 3. The minimum atomic E-state index is -0.569. The molecule has 3 aromatic carbocycles. The second-order valence-electron chi connectivity index (χ2n) is 7.84. The molecule has 1 atom stereocenters. The highest BCUT2D eigenvalue weighted by Crippen LogP contribution is 2.19. The van der Waals surface area contributed by atoms with Crippen LogP contribution in [0.15, 0.2) is 78.6 Å². The third-order valence-electron chi connectivity index (χ3n) is 5.37. The molecule has 0 fully saturated rings. The predicted molar refractivity (Wildman–Crippen MR) is 130 cm³/mol. The van der Waals surface area contributed by atoms with E-state index in [9.17, 15) is 9.59 Å². The van der Waals surface area contributed by atoms with Gasteiger partial charge in [-0.2, -0.15) is 0 Å². The molecule has 0 heterocycles. The van der Waals surface area contributed by atoms with E-state index >= 15 is 0 Å². The summed E-state index contributed by atoms with van der Waals surface area (Å²) in [5.41, 5.74) is 9.46. The summed E-state index contributed by atoms with van der Waals surface area (Å²) in [4.78, 5) is 24.2. The first kappa shape index (κ1) is 24.6. The monoisotopic (exact) mass is 463 g/mol. The van der Waals surface area contributed by atoms with Gasteiger partial charge < -0.3 is 20.8 Å². The van der Waals surface area contributed by atoms with E-state index < -0.39 is 11.9 Å². The van der Waals surface area contributed by atoms with Crippen molar-refractivity contribution in [2.75, 3.05) is 13.7 Å². The van der Waals surface area contributed by atoms with Gasteiger partial charge in [0.15, 0.2) is 0 Å². The van der Waals surface area contributed by atoms with Crippen molar-refractivity contribution in [1.82, 2.24) is 15.8 Å². The van der Waals surface area contributed by atoms with Crippen LogP contribution in [-0.2, 0) is 11.2 Å². The number of methoxy groups -OCH3 is 1. The maximum atomic E-state index is 12.3. The molecule has 9 nitrogen and oxygen atoms in total. The van der Waals surface area contributed by atoms with Crippen molar-refractivity contribution in [1.29, 1.82) is 0 Å². The molecule has 34 heavy (non-hydrogen) atoms. The van der Waals surface area contributed by atoms with Crippen molar-refractivity contribution in [3.63, 3.8) is 0 Å². The number of rotatable bonds is 10. The van der Waals surface area contributed by atoms with Crippen molar-refractivity contribution in [3.8, 4) is 5.75 Å². The highest BCUT2D eigenvalue weighted by Gasteiger charge is 2.19. The minimum absolute atomic E-state index is 0.0538. The van der Waals surface area contributed by atoms with Crippen LogP contribution in [0.4, 0.5) is 0 Å². The molecule has 3 rings (SSSR count). The number of nitrogens with one attached hydrogen (secondary N) is 2. The van der Waals surface area contributed by atoms with Gasteiger partial charge in [-0.25, -0.2) is 11.3 Å². The smallest absolute Gasteiger partial charge is 0.251 e. The second-order valence-corrected chi connectivity index (χ2v) is 7.84. The lowest BCUT2D eigenvalue weighted by Gasteiger charge is -2.26. The van der Waals surface area contributed by atoms with Crippen molar-refractivity contribution in [3.05, 3.63) is 89.8 Å². The number of ether oxygens (including phenoxy) is 1. The highest BCUT2D eigenvalue weighted by molar-refractivity contribution is 5.94. The molecule has 0 aliphatic carbocycles. The van der Waals surface area contributed by atoms with Crippen LogP contribution in [0.25, 0.3) is 10.8 Å². The Morgan fingerprint density at radius 1 is 1.09 bits per heavy atom. The van der Waals surface area contributed by atoms with Crippen LogP contribution >= 0.6 is 0 Å². The fourth-order valence-corrected chi connectivity index (χ4v) is 3.55. The van der Waals surface area contributed by atoms with Gasteiger partial charge in [0.1, 0.15) is 5.75 Å². The molecular formula is C25H29N5O4. The SMILES string of the molecule is COc1ccc(C(=O)NC/C(N)=C/N(N)C(CC(=O)NO)Cc2ccc3ccccc3c2)cc1. The number of fused-ring (bicyclic) bond motifs is 1. The number of hydrogen-bond acceptors (Lipinski definition) is 7. The van der Waals surface area contributed by atoms with E-state index in [0.29, 0.717) is 23.4 Å². The van der Waals surface area contributed by atoms with Gasteiger partial charge in [-0.1, -0.05) is 42.5 Å². The first-order valence-corrected chi connectivity index (χ1v) is 10.7. The third kappa shape index (κ3) is 6.71. The molecule has 0 bridgehead atoms. The number of nitrogens with two attached hydrogens (primary N) is 2. The van der Waals surface area contributed by atoms with E-state index in [0.717, 1.165) is 16.3 Å². The van der Waals surface area contributed by atoms with Gasteiger partial charge in [0.25, 0.3) is 5.91 Å². The van der Waals surface area contributed by atoms with Crippen LogP contribution in [-0.4, -0.2) is 41.7 Å². The topological polar surface area (TPSA) is 143 Å². The van der Waals surface area contributed by atoms with Crippen molar-refractivity contribution >= 4 is 22.6 Å². The number of hydroxylamine groups is 1. The maximum absolute atomic E-state index is 12.3. The number of hydrogen-bond donors (Lipinski definition) is 5. The van der Waals surface area contributed by atoms with Crippen LogP contribution in [0.5, 0.6) is 5.75 Å². The first-order valence-electron chi connectivity index (χ1n) is 10.7. The summed E-state index contributed by atoms with van der Waals surface area (Å²) in [6.07, 6.45) is 1.86. The molecule has 3 aromatic rings. The highest BCUT2D eigenvalue weighted by atomic mass is 16.5. The summed E-state index contributed by atoms with van der Waals surface area (Å²) in [6, 6.07) is 20.2. The molecule has 0 spiro atoms. The zero-order chi connectivity index (χ0) is 24.5. The van der Waals surface area contributed by atoms with Gasteiger partial charge in [0.05, 0.1) is 26.1 Å². The Bertz CT molecular complexity index is 1160. The fraction of sp³-hybridized carbons (Fsp3) is 0.200. The first-order chi connectivity index (χ1) is 16.4. The Balaban J connectivity index is 1.67. The maximum Gasteiger partial charge on any atom is 0.251 e. The zero-order valence-corrected chi connectivity index (χ0v) is 18.9. The van der Waals surface area contributed by atoms with Gasteiger partial charge in [-0.05, 0) is 47.0 Å². The van der Waals surface area contributed by atoms with E-state index in [1.807, 2.05) is 42.5 Å². The minimum Gasteiger partial charge on any atom is -0.497 e. The summed E-state index contributed by atoms with van der Waals surface area (Å²) in [5, 5.41) is 15.2. The van der Waals surface area contributed by atoms with E-state index in [-0.39, 0.29) is 18.9 Å². The Hall–Kier alpha value is -4.08. The van der Waals surface area contributed by atoms with Gasteiger partial charge in [-0.15, -0.1) is 0 Å². The van der Waals surface area contributed by atoms with Gasteiger partial charge in [0, 0.05) is 17.5 Å². The summed E-state index contributed by atoms with van der Waals surface area (Å²) in [5.74, 6) is 6.01. The molecule has 0 saturated heterocycles. The van der Waals surface area contributed by atoms with Crippen molar-refractivity contribution in [2.24, 2.45) is 11.6 Å². The average molecular weight is 464 g/mol. The largest absolute Gasteiger partial charge is 0.497 e. The lowest BCUT2D eigenvalue weighted by molar-refractivity contribution is -0.130. The zero-order valence-electron chi connectivity index (χ0n) is 18.9. The summed E-state index contributed by atoms with van der Waals surface area (Å²) in [7, 11) is 1.55. The molecule has 9 heteroatoms. The van der Waals surface area contributed by atoms with Gasteiger partial charge >= 0.3 is 0 Å². The molecule has 0 aromatic heterocycles. The van der Waals surface area contributed by atoms with Crippen LogP contribution in [0.3, 0.4) is 0 Å². The van der Waals surface area contributed by atoms with Crippen LogP contribution in [0.1, 0.15) is 22.3 Å². The Morgan fingerprint density at radius 3 is 2.47 bits per heavy atom. The standard InChI is InChI=1S/C25H29N5O4/c1-34-23-10-8-19(9-11-23)25(32)28-15-21(26)16-30(27)22(14-24(31)29-33)13-17-6-7-18-4-2-3-5-20(18)12-17/h2-12,16,22,33H,13-15,26-27H2,1H3,(H,28,32)(H,29,31)/b21-16-. The van der Waals surface area contributed by atoms with E-state index in [1.165, 1.54) is 11.2 Å². The van der Waals surface area contributed by atoms with E-state index in [2.05, 4.69) is 5.32 Å². The van der Waals surface area contributed by atoms with Crippen molar-refractivity contribution in [2.45, 2.75) is 18.9 Å². The van der Waals surface area contributed by atoms with Crippen LogP contribution in [0.2, 0.25) is 0 Å².